The summed E-state index contributed by atoms with van der Waals surface area (Å²) in [6.45, 7) is 24.4. The van der Waals surface area contributed by atoms with Gasteiger partial charge in [-0.2, -0.15) is 0 Å². The van der Waals surface area contributed by atoms with E-state index in [4.69, 9.17) is 0 Å². The summed E-state index contributed by atoms with van der Waals surface area (Å²) in [4.78, 5) is 0. The van der Waals surface area contributed by atoms with Crippen LogP contribution in [0.5, 0.6) is 0 Å². The first-order valence-electron chi connectivity index (χ1n) is 9.10. The molecule has 0 N–H and O–H groups in total. The van der Waals surface area contributed by atoms with E-state index in [0.717, 1.165) is 35.5 Å². The fourth-order valence-electron chi connectivity index (χ4n) is 4.34. The van der Waals surface area contributed by atoms with E-state index in [9.17, 15) is 0 Å². The highest BCUT2D eigenvalue weighted by Crippen LogP contribution is 2.46. The van der Waals surface area contributed by atoms with Crippen LogP contribution in [0.3, 0.4) is 0 Å². The molecule has 0 heteroatoms. The van der Waals surface area contributed by atoms with Crippen LogP contribution in [0.4, 0.5) is 0 Å². The van der Waals surface area contributed by atoms with Gasteiger partial charge in [0.1, 0.15) is 0 Å². The third kappa shape index (κ3) is 5.08. The Hall–Kier alpha value is 0. The molecule has 0 aliphatic carbocycles. The van der Waals surface area contributed by atoms with Crippen LogP contribution in [0, 0.1) is 40.9 Å². The summed E-state index contributed by atoms with van der Waals surface area (Å²) >= 11 is 0. The van der Waals surface area contributed by atoms with Gasteiger partial charge in [-0.1, -0.05) is 82.1 Å². The zero-order chi connectivity index (χ0) is 16.1. The molecule has 0 amide bonds. The van der Waals surface area contributed by atoms with Gasteiger partial charge in [-0.25, -0.2) is 0 Å². The van der Waals surface area contributed by atoms with Crippen molar-refractivity contribution >= 4 is 0 Å². The van der Waals surface area contributed by atoms with Crippen molar-refractivity contribution in [1.29, 1.82) is 0 Å². The van der Waals surface area contributed by atoms with Crippen molar-refractivity contribution in [2.24, 2.45) is 40.9 Å². The van der Waals surface area contributed by atoms with Crippen molar-refractivity contribution < 1.29 is 0 Å². The molecule has 0 nitrogen and oxygen atoms in total. The Morgan fingerprint density at radius 2 is 1.25 bits per heavy atom. The van der Waals surface area contributed by atoms with Gasteiger partial charge < -0.3 is 0 Å². The van der Waals surface area contributed by atoms with Crippen molar-refractivity contribution in [3.63, 3.8) is 0 Å². The maximum Gasteiger partial charge on any atom is -0.0326 e. The Morgan fingerprint density at radius 3 is 1.55 bits per heavy atom. The molecule has 0 aromatic rings. The summed E-state index contributed by atoms with van der Waals surface area (Å²) in [7, 11) is 0. The van der Waals surface area contributed by atoms with E-state index >= 15 is 0 Å². The highest BCUT2D eigenvalue weighted by atomic mass is 14.4. The smallest absolute Gasteiger partial charge is 0.0326 e. The molecule has 0 saturated heterocycles. The Kier molecular flexibility index (Phi) is 8.44. The molecule has 0 fully saturated rings. The fraction of sp³-hybridized carbons (Fsp3) is 1.00. The van der Waals surface area contributed by atoms with Gasteiger partial charge >= 0.3 is 0 Å². The summed E-state index contributed by atoms with van der Waals surface area (Å²) in [5.41, 5.74) is 0.471. The molecule has 0 radical (unpaired) electrons. The average molecular weight is 283 g/mol. The molecule has 4 unspecified atom stereocenters. The SMILES string of the molecule is CCCC(C(C)C(C(C)C)C(C)C(C)C)C(C)(C)CC. The lowest BCUT2D eigenvalue weighted by atomic mass is 9.60. The molecule has 0 heterocycles. The van der Waals surface area contributed by atoms with Gasteiger partial charge in [0.2, 0.25) is 0 Å². The van der Waals surface area contributed by atoms with Crippen molar-refractivity contribution in [2.75, 3.05) is 0 Å². The van der Waals surface area contributed by atoms with Gasteiger partial charge in [0, 0.05) is 0 Å². The van der Waals surface area contributed by atoms with Crippen molar-refractivity contribution in [3.8, 4) is 0 Å². The first-order chi connectivity index (χ1) is 9.10. The molecule has 0 aliphatic heterocycles. The largest absolute Gasteiger partial charge is 0.0654 e. The zero-order valence-electron chi connectivity index (χ0n) is 16.1. The Bertz CT molecular complexity index is 247. The second-order valence-corrected chi connectivity index (χ2v) is 8.52. The van der Waals surface area contributed by atoms with Crippen LogP contribution < -0.4 is 0 Å². The minimum Gasteiger partial charge on any atom is -0.0654 e. The van der Waals surface area contributed by atoms with Crippen molar-refractivity contribution in [3.05, 3.63) is 0 Å². The van der Waals surface area contributed by atoms with Crippen LogP contribution in [0.25, 0.3) is 0 Å². The highest BCUT2D eigenvalue weighted by Gasteiger charge is 2.38. The molecule has 122 valence electrons. The fourth-order valence-corrected chi connectivity index (χ4v) is 4.34. The second kappa shape index (κ2) is 8.44. The molecule has 0 spiro atoms. The quantitative estimate of drug-likeness (QED) is 0.425. The monoisotopic (exact) mass is 282 g/mol. The molecule has 0 saturated carbocycles. The van der Waals surface area contributed by atoms with E-state index in [1.54, 1.807) is 0 Å². The Labute approximate surface area is 130 Å². The molecule has 0 rings (SSSR count). The maximum absolute atomic E-state index is 2.54. The molecular formula is C20H42. The summed E-state index contributed by atoms with van der Waals surface area (Å²) in [6, 6.07) is 0. The van der Waals surface area contributed by atoms with Crippen LogP contribution in [0.1, 0.15) is 88.5 Å². The number of hydrogen-bond acceptors (Lipinski definition) is 0. The average Bonchev–Trinajstić information content (AvgIpc) is 2.34. The van der Waals surface area contributed by atoms with Crippen LogP contribution in [-0.2, 0) is 0 Å². The van der Waals surface area contributed by atoms with E-state index in [1.807, 2.05) is 0 Å². The lowest BCUT2D eigenvalue weighted by molar-refractivity contribution is 0.0386. The number of hydrogen-bond donors (Lipinski definition) is 0. The van der Waals surface area contributed by atoms with E-state index in [-0.39, 0.29) is 0 Å². The van der Waals surface area contributed by atoms with Crippen LogP contribution in [0.15, 0.2) is 0 Å². The van der Waals surface area contributed by atoms with Crippen LogP contribution in [0.2, 0.25) is 0 Å². The third-order valence-corrected chi connectivity index (χ3v) is 6.18. The first kappa shape index (κ1) is 20.0. The van der Waals surface area contributed by atoms with Crippen molar-refractivity contribution in [2.45, 2.75) is 88.5 Å². The van der Waals surface area contributed by atoms with Gasteiger partial charge in [0.25, 0.3) is 0 Å². The van der Waals surface area contributed by atoms with Crippen molar-refractivity contribution in [1.82, 2.24) is 0 Å². The molecule has 4 atom stereocenters. The van der Waals surface area contributed by atoms with E-state index < -0.39 is 0 Å². The predicted octanol–water partition coefficient (Wildman–Crippen LogP) is 7.04. The first-order valence-corrected chi connectivity index (χ1v) is 9.10. The van der Waals surface area contributed by atoms with E-state index in [2.05, 4.69) is 69.2 Å². The zero-order valence-corrected chi connectivity index (χ0v) is 16.1. The number of rotatable bonds is 9. The van der Waals surface area contributed by atoms with Gasteiger partial charge in [-0.05, 0) is 47.3 Å². The van der Waals surface area contributed by atoms with Gasteiger partial charge in [-0.15, -0.1) is 0 Å². The van der Waals surface area contributed by atoms with Crippen LogP contribution >= 0.6 is 0 Å². The Morgan fingerprint density at radius 1 is 0.750 bits per heavy atom. The molecular weight excluding hydrogens is 240 g/mol. The molecule has 0 aromatic carbocycles. The lowest BCUT2D eigenvalue weighted by Gasteiger charge is -2.45. The summed E-state index contributed by atoms with van der Waals surface area (Å²) in [5.74, 6) is 4.91. The van der Waals surface area contributed by atoms with Gasteiger partial charge in [-0.3, -0.25) is 0 Å². The summed E-state index contributed by atoms with van der Waals surface area (Å²) in [5, 5.41) is 0. The molecule has 20 heavy (non-hydrogen) atoms. The minimum atomic E-state index is 0.471. The normalized spacial score (nSPS) is 19.2. The minimum absolute atomic E-state index is 0.471. The van der Waals surface area contributed by atoms with E-state index in [0.29, 0.717) is 5.41 Å². The predicted molar refractivity (Wildman–Crippen MR) is 94.0 cm³/mol. The standard InChI is InChI=1S/C20H42/c1-11-13-18(20(9,10)12-2)17(8)19(15(5)6)16(7)14(3)4/h14-19H,11-13H2,1-10H3. The molecule has 0 aromatic heterocycles. The summed E-state index contributed by atoms with van der Waals surface area (Å²) < 4.78 is 0. The Balaban J connectivity index is 5.31. The van der Waals surface area contributed by atoms with Gasteiger partial charge in [0.05, 0.1) is 0 Å². The van der Waals surface area contributed by atoms with E-state index in [1.165, 1.54) is 19.3 Å². The van der Waals surface area contributed by atoms with Crippen LogP contribution in [-0.4, -0.2) is 0 Å². The van der Waals surface area contributed by atoms with Gasteiger partial charge in [0.15, 0.2) is 0 Å². The third-order valence-electron chi connectivity index (χ3n) is 6.18. The molecule has 0 aliphatic rings. The maximum atomic E-state index is 2.54. The second-order valence-electron chi connectivity index (χ2n) is 8.52. The lowest BCUT2D eigenvalue weighted by Crippen LogP contribution is -2.38. The topological polar surface area (TPSA) is 0 Å². The summed E-state index contributed by atoms with van der Waals surface area (Å²) in [6.07, 6.45) is 4.00. The highest BCUT2D eigenvalue weighted by molar-refractivity contribution is 4.87. The molecule has 0 bridgehead atoms.